The summed E-state index contributed by atoms with van der Waals surface area (Å²) in [4.78, 5) is 16.5. The van der Waals surface area contributed by atoms with Crippen LogP contribution in [0, 0.1) is 0 Å². The van der Waals surface area contributed by atoms with E-state index in [9.17, 15) is 4.79 Å². The fourth-order valence-electron chi connectivity index (χ4n) is 2.86. The van der Waals surface area contributed by atoms with E-state index in [0.29, 0.717) is 33.8 Å². The molecule has 0 unspecified atom stereocenters. The molecule has 0 saturated heterocycles. The molecule has 5 rings (SSSR count). The topological polar surface area (TPSA) is 99.6 Å². The van der Waals surface area contributed by atoms with Crippen LogP contribution in [0.15, 0.2) is 62.7 Å². The van der Waals surface area contributed by atoms with E-state index in [4.69, 9.17) is 18.4 Å². The highest BCUT2D eigenvalue weighted by atomic mass is 32.2. The van der Waals surface area contributed by atoms with Crippen molar-refractivity contribution in [3.05, 3.63) is 54.2 Å². The molecule has 4 aromatic rings. The molecular formula is C20H15N3O5S. The fourth-order valence-corrected chi connectivity index (χ4v) is 3.53. The van der Waals surface area contributed by atoms with E-state index in [1.54, 1.807) is 6.07 Å². The molecule has 1 amide bonds. The van der Waals surface area contributed by atoms with Crippen molar-refractivity contribution in [3.63, 3.8) is 0 Å². The second-order valence-corrected chi connectivity index (χ2v) is 7.19. The number of thioether (sulfide) groups is 1. The molecule has 1 aliphatic heterocycles. The fraction of sp³-hybridized carbons (Fsp3) is 0.150. The summed E-state index contributed by atoms with van der Waals surface area (Å²) >= 11 is 1.24. The Morgan fingerprint density at radius 2 is 2.00 bits per heavy atom. The quantitative estimate of drug-likeness (QED) is 0.482. The van der Waals surface area contributed by atoms with Crippen molar-refractivity contribution >= 4 is 28.8 Å². The molecule has 0 fully saturated rings. The predicted octanol–water partition coefficient (Wildman–Crippen LogP) is 3.62. The molecule has 8 nitrogen and oxygen atoms in total. The minimum absolute atomic E-state index is 0.148. The Labute approximate surface area is 169 Å². The number of aromatic nitrogens is 2. The lowest BCUT2D eigenvalue weighted by Crippen LogP contribution is -2.24. The van der Waals surface area contributed by atoms with E-state index < -0.39 is 0 Å². The summed E-state index contributed by atoms with van der Waals surface area (Å²) in [5, 5.41) is 7.28. The normalized spacial score (nSPS) is 12.4. The average molecular weight is 409 g/mol. The summed E-state index contributed by atoms with van der Waals surface area (Å²) < 4.78 is 21.6. The largest absolute Gasteiger partial charge is 0.454 e. The zero-order chi connectivity index (χ0) is 19.6. The van der Waals surface area contributed by atoms with Crippen molar-refractivity contribution in [2.45, 2.75) is 11.8 Å². The summed E-state index contributed by atoms with van der Waals surface area (Å²) in [6.07, 6.45) is 0. The molecule has 0 bridgehead atoms. The van der Waals surface area contributed by atoms with Crippen molar-refractivity contribution in [2.24, 2.45) is 0 Å². The number of carbonyl (C=O) groups excluding carboxylic acids is 1. The molecule has 1 aliphatic rings. The first-order chi connectivity index (χ1) is 14.2. The molecule has 2 aromatic heterocycles. The monoisotopic (exact) mass is 409 g/mol. The van der Waals surface area contributed by atoms with Crippen LogP contribution in [0.1, 0.15) is 5.69 Å². The highest BCUT2D eigenvalue weighted by Crippen LogP contribution is 2.36. The van der Waals surface area contributed by atoms with Gasteiger partial charge in [0.2, 0.25) is 12.7 Å². The third-order valence-corrected chi connectivity index (χ3v) is 5.11. The van der Waals surface area contributed by atoms with Crippen LogP contribution >= 0.6 is 11.8 Å². The van der Waals surface area contributed by atoms with Crippen LogP contribution in [0.5, 0.6) is 11.5 Å². The molecule has 0 radical (unpaired) electrons. The van der Waals surface area contributed by atoms with Crippen LogP contribution in [0.4, 0.5) is 0 Å². The Morgan fingerprint density at radius 3 is 2.93 bits per heavy atom. The van der Waals surface area contributed by atoms with E-state index >= 15 is 0 Å². The molecule has 146 valence electrons. The van der Waals surface area contributed by atoms with Gasteiger partial charge in [0.25, 0.3) is 5.22 Å². The van der Waals surface area contributed by atoms with Gasteiger partial charge in [0, 0.05) is 11.6 Å². The summed E-state index contributed by atoms with van der Waals surface area (Å²) in [6.45, 7) is 0.481. The van der Waals surface area contributed by atoms with Gasteiger partial charge in [-0.05, 0) is 30.3 Å². The van der Waals surface area contributed by atoms with Crippen molar-refractivity contribution in [1.29, 1.82) is 0 Å². The number of ether oxygens (including phenoxy) is 2. The highest BCUT2D eigenvalue weighted by Gasteiger charge is 2.16. The van der Waals surface area contributed by atoms with Crippen LogP contribution in [-0.2, 0) is 11.3 Å². The number of hydrogen-bond donors (Lipinski definition) is 1. The van der Waals surface area contributed by atoms with Gasteiger partial charge in [0.05, 0.1) is 12.3 Å². The van der Waals surface area contributed by atoms with E-state index in [1.165, 1.54) is 11.8 Å². The molecule has 2 aromatic carbocycles. The Morgan fingerprint density at radius 1 is 1.10 bits per heavy atom. The number of para-hydroxylation sites is 2. The number of hydrogen-bond acceptors (Lipinski definition) is 8. The molecule has 1 N–H and O–H groups in total. The molecule has 0 aliphatic carbocycles. The van der Waals surface area contributed by atoms with Gasteiger partial charge >= 0.3 is 0 Å². The van der Waals surface area contributed by atoms with E-state index in [2.05, 4.69) is 15.5 Å². The van der Waals surface area contributed by atoms with Crippen LogP contribution in [0.3, 0.4) is 0 Å². The molecular weight excluding hydrogens is 394 g/mol. The zero-order valence-electron chi connectivity index (χ0n) is 15.1. The van der Waals surface area contributed by atoms with Gasteiger partial charge in [-0.25, -0.2) is 4.98 Å². The van der Waals surface area contributed by atoms with Gasteiger partial charge in [0.15, 0.2) is 22.8 Å². The number of fused-ring (bicyclic) bond motifs is 2. The van der Waals surface area contributed by atoms with Gasteiger partial charge in [-0.15, -0.1) is 0 Å². The van der Waals surface area contributed by atoms with Crippen molar-refractivity contribution in [1.82, 2.24) is 15.5 Å². The average Bonchev–Trinajstić information content (AvgIpc) is 3.48. The maximum Gasteiger partial charge on any atom is 0.257 e. The van der Waals surface area contributed by atoms with Crippen LogP contribution < -0.4 is 14.8 Å². The van der Waals surface area contributed by atoms with Gasteiger partial charge < -0.3 is 23.7 Å². The van der Waals surface area contributed by atoms with Crippen LogP contribution in [-0.4, -0.2) is 28.6 Å². The van der Waals surface area contributed by atoms with E-state index in [1.807, 2.05) is 42.5 Å². The first-order valence-electron chi connectivity index (χ1n) is 8.85. The maximum atomic E-state index is 12.1. The van der Waals surface area contributed by atoms with E-state index in [0.717, 1.165) is 11.1 Å². The molecule has 0 atom stereocenters. The van der Waals surface area contributed by atoms with Crippen LogP contribution in [0.2, 0.25) is 0 Å². The minimum Gasteiger partial charge on any atom is -0.454 e. The highest BCUT2D eigenvalue weighted by molar-refractivity contribution is 7.99. The lowest BCUT2D eigenvalue weighted by Gasteiger charge is -2.00. The minimum atomic E-state index is -0.148. The lowest BCUT2D eigenvalue weighted by molar-refractivity contribution is -0.118. The van der Waals surface area contributed by atoms with Crippen molar-refractivity contribution in [2.75, 3.05) is 12.5 Å². The Hall–Kier alpha value is -3.46. The van der Waals surface area contributed by atoms with Gasteiger partial charge in [-0.3, -0.25) is 4.79 Å². The standard InChI is InChI=1S/C20H15N3O5S/c24-19(10-29-20-22-14-3-1-2-4-15(14)27-20)21-9-13-8-17(28-23-13)12-5-6-16-18(7-12)26-11-25-16/h1-8H,9-11H2,(H,21,24). The van der Waals surface area contributed by atoms with E-state index in [-0.39, 0.29) is 25.0 Å². The molecule has 0 spiro atoms. The number of rotatable bonds is 6. The number of amides is 1. The number of nitrogens with zero attached hydrogens (tertiary/aromatic N) is 2. The third-order valence-electron chi connectivity index (χ3n) is 4.28. The molecule has 29 heavy (non-hydrogen) atoms. The molecule has 9 heteroatoms. The Balaban J connectivity index is 1.16. The summed E-state index contributed by atoms with van der Waals surface area (Å²) in [5.74, 6) is 2.01. The smallest absolute Gasteiger partial charge is 0.257 e. The van der Waals surface area contributed by atoms with Crippen LogP contribution in [0.25, 0.3) is 22.4 Å². The van der Waals surface area contributed by atoms with Crippen molar-refractivity contribution in [3.8, 4) is 22.8 Å². The maximum absolute atomic E-state index is 12.1. The summed E-state index contributed by atoms with van der Waals surface area (Å²) in [7, 11) is 0. The SMILES string of the molecule is O=C(CSc1nc2ccccc2o1)NCc1cc(-c2ccc3c(c2)OCO3)on1. The Bertz CT molecular complexity index is 1150. The predicted molar refractivity (Wildman–Crippen MR) is 105 cm³/mol. The first-order valence-corrected chi connectivity index (χ1v) is 9.84. The molecule has 0 saturated carbocycles. The second kappa shape index (κ2) is 7.51. The van der Waals surface area contributed by atoms with Gasteiger partial charge in [-0.2, -0.15) is 0 Å². The first kappa shape index (κ1) is 17.6. The van der Waals surface area contributed by atoms with Gasteiger partial charge in [-0.1, -0.05) is 29.1 Å². The third kappa shape index (κ3) is 3.77. The van der Waals surface area contributed by atoms with Gasteiger partial charge in [0.1, 0.15) is 11.2 Å². The second-order valence-electron chi connectivity index (χ2n) is 6.26. The number of nitrogens with one attached hydrogen (secondary N) is 1. The zero-order valence-corrected chi connectivity index (χ0v) is 15.9. The number of oxazole rings is 1. The van der Waals surface area contributed by atoms with Crippen molar-refractivity contribution < 1.29 is 23.2 Å². The summed E-state index contributed by atoms with van der Waals surface area (Å²) in [5.41, 5.74) is 2.92. The summed E-state index contributed by atoms with van der Waals surface area (Å²) in [6, 6.07) is 14.8. The Kier molecular flexibility index (Phi) is 4.57. The molecule has 3 heterocycles. The number of benzene rings is 2. The number of carbonyl (C=O) groups is 1. The lowest BCUT2D eigenvalue weighted by atomic mass is 10.1.